The standard InChI is InChI=1S/2C33H39N2O.C30H33N2O.3C13H12N.3Ir/c1-22-10-11-26-25-8-6-9-27(29(25)36-30(26)35-22)28-21-24(14-19-34-28)20-23-12-17-33(18-13-23)31(2,3)15-7-16-32(33,4)5;1-22-9-10-26-25-7-6-8-27(29(25)36-30(26)35-22)28-18-24(13-16-34-28)17-23-11-14-33(15-12-23)20-31(2,3)19-32(4,5)21-33;1-21-9-10-24-23-7-6-8-25(27(23)33-28(24)32-21)26-19-22(11-18-31-26)20-29(2)14-16-30(17-15-29)12-4-3-5-13-30;3*1-10-3-6-12(7-4-10)13-8-5-11(2)9-14-13;;;/h6,8,10-11,14,19,21,23H,7,12-13,15-18,20H2,1-5H3;6-7,9-10,13,16,18,23H,11-12,14-15,17,19-21H2,1-5H3;6-7,9-11,18-19H,3-5,12-17,20H2,1-2H3;3*3-6,8-9H,1-2H3;;;/q6*-1;;;/i1D3,20D2;1D3,17D2;1D3,20D2;3*1D3,2D3;;;. The maximum atomic E-state index is 9.30. The summed E-state index contributed by atoms with van der Waals surface area (Å²) in [6, 6.07) is 72.6. The molecule has 783 valence electrons. The van der Waals surface area contributed by atoms with Gasteiger partial charge in [0.2, 0.25) is 17.1 Å². The van der Waals surface area contributed by atoms with E-state index in [0.717, 1.165) is 109 Å². The fourth-order valence-corrected chi connectivity index (χ4v) is 25.1. The zero-order chi connectivity index (χ0) is 131. The fraction of sp³-hybridized carbons (Fsp3) is 0.400. The minimum absolute atomic E-state index is 0. The Morgan fingerprint density at radius 2 is 0.673 bits per heavy atom. The predicted molar refractivity (Wildman–Crippen MR) is 604 cm³/mol. The van der Waals surface area contributed by atoms with Crippen LogP contribution in [-0.4, -0.2) is 44.9 Å². The van der Waals surface area contributed by atoms with Crippen molar-refractivity contribution in [1.82, 2.24) is 44.9 Å². The summed E-state index contributed by atoms with van der Waals surface area (Å²) >= 11 is 0. The number of fused-ring (bicyclic) bond motifs is 9. The molecule has 12 heterocycles. The first kappa shape index (κ1) is 75.7. The van der Waals surface area contributed by atoms with E-state index in [0.29, 0.717) is 123 Å². The second-order valence-electron chi connectivity index (χ2n) is 44.4. The Bertz CT molecular complexity index is 8610. The van der Waals surface area contributed by atoms with Gasteiger partial charge in [0, 0.05) is 176 Å². The molecule has 18 aromatic rings. The third-order valence-electron chi connectivity index (χ3n) is 31.8. The van der Waals surface area contributed by atoms with Crippen molar-refractivity contribution in [2.75, 3.05) is 0 Å². The van der Waals surface area contributed by atoms with E-state index in [1.165, 1.54) is 162 Å². The molecule has 0 bridgehead atoms. The molecule has 0 amide bonds. The Hall–Kier alpha value is -11.0. The van der Waals surface area contributed by atoms with Crippen molar-refractivity contribution in [1.29, 1.82) is 0 Å². The molecule has 6 aliphatic carbocycles. The average Bonchev–Trinajstić information content (AvgIpc) is 1.57. The number of hydrogen-bond donors (Lipinski definition) is 0. The fourth-order valence-electron chi connectivity index (χ4n) is 25.1. The molecule has 6 saturated carbocycles. The van der Waals surface area contributed by atoms with Gasteiger partial charge in [-0.3, -0.25) is 0 Å². The van der Waals surface area contributed by atoms with Crippen molar-refractivity contribution in [3.8, 4) is 67.5 Å². The number of hydrogen-bond acceptors (Lipinski definition) is 12. The van der Waals surface area contributed by atoms with E-state index in [-0.39, 0.29) is 156 Å². The van der Waals surface area contributed by atoms with E-state index in [4.69, 9.17) is 50.3 Å². The van der Waals surface area contributed by atoms with Crippen molar-refractivity contribution < 1.29 is 119 Å². The van der Waals surface area contributed by atoms with Crippen molar-refractivity contribution in [3.63, 3.8) is 0 Å². The van der Waals surface area contributed by atoms with Crippen LogP contribution in [-0.2, 0) is 79.4 Å². The largest absolute Gasteiger partial charge is 0.486 e. The van der Waals surface area contributed by atoms with E-state index in [2.05, 4.69) is 144 Å². The number of aryl methyl sites for hydroxylation is 9. The van der Waals surface area contributed by atoms with Gasteiger partial charge in [0.1, 0.15) is 0 Å². The average molecular weight is 2550 g/mol. The van der Waals surface area contributed by atoms with Crippen LogP contribution in [0.1, 0.15) is 322 Å². The number of pyridine rings is 9. The normalized spacial score (nSPS) is 21.8. The zero-order valence-electron chi connectivity index (χ0n) is 119. The Labute approximate surface area is 978 Å². The molecule has 15 heteroatoms. The van der Waals surface area contributed by atoms with Crippen LogP contribution in [0.3, 0.4) is 0 Å². The molecule has 0 saturated heterocycles. The minimum atomic E-state index is -2.33. The maximum absolute atomic E-state index is 9.30. The summed E-state index contributed by atoms with van der Waals surface area (Å²) in [5.41, 5.74) is 14.1. The van der Waals surface area contributed by atoms with E-state index in [9.17, 15) is 8.22 Å². The molecule has 150 heavy (non-hydrogen) atoms. The Morgan fingerprint density at radius 1 is 0.313 bits per heavy atom. The molecule has 3 radical (unpaired) electrons. The molecule has 0 N–H and O–H groups in total. The summed E-state index contributed by atoms with van der Waals surface area (Å²) in [6.07, 6.45) is 30.3. The van der Waals surface area contributed by atoms with Crippen LogP contribution in [0.25, 0.3) is 134 Å². The van der Waals surface area contributed by atoms with Gasteiger partial charge in [0.15, 0.2) is 0 Å². The van der Waals surface area contributed by atoms with Gasteiger partial charge in [0.25, 0.3) is 0 Å². The Kier molecular flexibility index (Phi) is 23.9. The van der Waals surface area contributed by atoms with Gasteiger partial charge >= 0.3 is 0 Å². The number of nitrogens with zero attached hydrogens (tertiary/aromatic N) is 9. The van der Waals surface area contributed by atoms with Gasteiger partial charge in [-0.05, 0) is 343 Å². The maximum Gasteiger partial charge on any atom is 0.216 e. The topological polar surface area (TPSA) is 155 Å². The number of aromatic nitrogens is 9. The number of rotatable bonds is 12. The molecule has 0 aliphatic heterocycles. The molecule has 12 nitrogen and oxygen atoms in total. The van der Waals surface area contributed by atoms with Crippen LogP contribution >= 0.6 is 0 Å². The van der Waals surface area contributed by atoms with Crippen LogP contribution in [0, 0.1) is 153 Å². The molecule has 6 fully saturated rings. The third-order valence-corrected chi connectivity index (χ3v) is 31.8. The first-order chi connectivity index (χ1) is 83.8. The van der Waals surface area contributed by atoms with Crippen LogP contribution in [0.5, 0.6) is 0 Å². The van der Waals surface area contributed by atoms with Crippen molar-refractivity contribution in [2.45, 2.75) is 291 Å². The zero-order valence-corrected chi connectivity index (χ0v) is 93.4. The van der Waals surface area contributed by atoms with E-state index in [1.807, 2.05) is 36.4 Å². The molecule has 6 aromatic carbocycles. The van der Waals surface area contributed by atoms with Crippen LogP contribution in [0.15, 0.2) is 251 Å². The third kappa shape index (κ3) is 25.9. The number of benzene rings is 6. The molecule has 3 spiro atoms. The van der Waals surface area contributed by atoms with Gasteiger partial charge in [-0.15, -0.1) is 161 Å². The van der Waals surface area contributed by atoms with Gasteiger partial charge in [0.05, 0.1) is 16.7 Å². The molecular weight excluding hydrogens is 2370 g/mol. The smallest absolute Gasteiger partial charge is 0.216 e. The van der Waals surface area contributed by atoms with Crippen LogP contribution in [0.4, 0.5) is 0 Å². The SMILES string of the molecule is [2H]C([2H])([2H])c1c[c-]c(-c2ccc(C([2H])([2H])[2H])cn2)cc1.[2H]C([2H])([2H])c1c[c-]c(-c2ccc(C([2H])([2H])[2H])cn2)cc1.[2H]C([2H])([2H])c1c[c-]c(-c2ccc(C([2H])([2H])[2H])cn2)cc1.[2H]C([2H])([2H])c1ccc2c(n1)oc1c(-c3cc(C([2H])([2H])C4(C)CCC5(CCCCC5)CC4)ccn3)[c-]ccc12.[2H]C([2H])([2H])c1ccc2c(n1)oc1c(-c3cc(C([2H])([2H])C4CCC5(CC4)C(C)(C)CCCC5(C)C)ccn3)[c-]ccc12.[2H]C([2H])([2H])c1ccc2c(n1)oc1c(-c3cc(C([2H])([2H])C4CCC5(CC4)CC(C)(C)CC(C)(C)C5)ccn3)[c-]ccc12.[Ir].[Ir].[Ir]. The Balaban J connectivity index is 0.000000155. The summed E-state index contributed by atoms with van der Waals surface area (Å²) in [5, 5.41) is 4.55. The molecule has 0 atom stereocenters. The number of furan rings is 3. The van der Waals surface area contributed by atoms with Crippen molar-refractivity contribution in [2.24, 2.45) is 55.2 Å². The molecule has 24 rings (SSSR count). The van der Waals surface area contributed by atoms with Crippen molar-refractivity contribution >= 4 is 66.2 Å². The second-order valence-corrected chi connectivity index (χ2v) is 44.4. The summed E-state index contributed by atoms with van der Waals surface area (Å²) in [5.74, 6) is -0.115. The second kappa shape index (κ2) is 47.3. The van der Waals surface area contributed by atoms with Gasteiger partial charge in [-0.2, -0.15) is 0 Å². The molecular formula is C135H147Ir3N9O3-6. The van der Waals surface area contributed by atoms with Crippen LogP contribution < -0.4 is 0 Å². The molecule has 6 aliphatic rings. The molecule has 0 unspecified atom stereocenters. The quantitative estimate of drug-likeness (QED) is 0.107. The Morgan fingerprint density at radius 3 is 1.02 bits per heavy atom. The molecule has 12 aromatic heterocycles. The minimum Gasteiger partial charge on any atom is -0.486 e. The summed E-state index contributed by atoms with van der Waals surface area (Å²) < 4.78 is 274. The first-order valence-electron chi connectivity index (χ1n) is 67.9. The van der Waals surface area contributed by atoms with Gasteiger partial charge in [-0.1, -0.05) is 213 Å². The monoisotopic (exact) mass is 2550 g/mol. The van der Waals surface area contributed by atoms with Gasteiger partial charge < -0.3 is 43.2 Å². The van der Waals surface area contributed by atoms with Crippen molar-refractivity contribution in [3.05, 3.63) is 341 Å². The van der Waals surface area contributed by atoms with E-state index in [1.54, 1.807) is 110 Å². The predicted octanol–water partition coefficient (Wildman–Crippen LogP) is 35.9. The van der Waals surface area contributed by atoms with Gasteiger partial charge in [-0.25, -0.2) is 15.0 Å². The van der Waals surface area contributed by atoms with E-state index >= 15 is 0 Å². The summed E-state index contributed by atoms with van der Waals surface area (Å²) in [6.45, 7) is 1.48. The first-order valence-corrected chi connectivity index (χ1v) is 51.4. The summed E-state index contributed by atoms with van der Waals surface area (Å²) in [7, 11) is 0. The summed E-state index contributed by atoms with van der Waals surface area (Å²) in [4.78, 5) is 38.7. The van der Waals surface area contributed by atoms with E-state index < -0.39 is 86.2 Å². The van der Waals surface area contributed by atoms with Crippen LogP contribution in [0.2, 0.25) is 0 Å².